The Balaban J connectivity index is 1.50. The normalized spacial score (nSPS) is 13.8. The van der Waals surface area contributed by atoms with E-state index in [0.717, 1.165) is 12.0 Å². The third kappa shape index (κ3) is 4.72. The second kappa shape index (κ2) is 9.93. The van der Waals surface area contributed by atoms with Crippen molar-refractivity contribution in [3.63, 3.8) is 0 Å². The summed E-state index contributed by atoms with van der Waals surface area (Å²) in [6, 6.07) is 13.8. The van der Waals surface area contributed by atoms with E-state index in [1.807, 2.05) is 19.1 Å². The smallest absolute Gasteiger partial charge is 0.305 e. The molecule has 9 heteroatoms. The fourth-order valence-corrected chi connectivity index (χ4v) is 4.11. The Bertz CT molecular complexity index is 1310. The van der Waals surface area contributed by atoms with Crippen LogP contribution in [0.2, 0.25) is 5.02 Å². The highest BCUT2D eigenvalue weighted by molar-refractivity contribution is 6.33. The van der Waals surface area contributed by atoms with Gasteiger partial charge in [-0.15, -0.1) is 0 Å². The third-order valence-electron chi connectivity index (χ3n) is 5.62. The maximum atomic E-state index is 12.7. The van der Waals surface area contributed by atoms with Crippen molar-refractivity contribution < 1.29 is 18.8 Å². The van der Waals surface area contributed by atoms with Crippen LogP contribution in [0.4, 0.5) is 0 Å². The molecule has 4 rings (SSSR count). The molecule has 0 aliphatic heterocycles. The number of nitrogens with zero attached hydrogens (tertiary/aromatic N) is 1. The van der Waals surface area contributed by atoms with Crippen molar-refractivity contribution in [2.24, 2.45) is 5.10 Å². The van der Waals surface area contributed by atoms with Gasteiger partial charge in [0.05, 0.1) is 16.3 Å². The Kier molecular flexibility index (Phi) is 6.79. The second-order valence-electron chi connectivity index (χ2n) is 7.91. The molecule has 1 heterocycles. The Morgan fingerprint density at radius 3 is 2.29 bits per heavy atom. The van der Waals surface area contributed by atoms with Crippen LogP contribution in [0.1, 0.15) is 66.6 Å². The zero-order chi connectivity index (χ0) is 24.2. The number of benzene rings is 2. The van der Waals surface area contributed by atoms with Crippen LogP contribution in [0.15, 0.2) is 58.0 Å². The molecule has 3 N–H and O–H groups in total. The van der Waals surface area contributed by atoms with E-state index in [-0.39, 0.29) is 22.3 Å². The summed E-state index contributed by atoms with van der Waals surface area (Å²) in [7, 11) is 0. The molecule has 174 valence electrons. The van der Waals surface area contributed by atoms with Gasteiger partial charge in [0.1, 0.15) is 5.76 Å². The van der Waals surface area contributed by atoms with Gasteiger partial charge in [0.15, 0.2) is 5.76 Å². The van der Waals surface area contributed by atoms with E-state index in [2.05, 4.69) is 21.4 Å². The van der Waals surface area contributed by atoms with Crippen molar-refractivity contribution in [3.8, 4) is 0 Å². The van der Waals surface area contributed by atoms with Gasteiger partial charge in [0, 0.05) is 23.1 Å². The Hall–Kier alpha value is -3.91. The van der Waals surface area contributed by atoms with Crippen molar-refractivity contribution in [1.82, 2.24) is 16.3 Å². The molecule has 34 heavy (non-hydrogen) atoms. The molecule has 1 aromatic heterocycles. The summed E-state index contributed by atoms with van der Waals surface area (Å²) in [5.41, 5.74) is 10.9. The maximum absolute atomic E-state index is 12.7. The first-order valence-electron chi connectivity index (χ1n) is 10.8. The maximum Gasteiger partial charge on any atom is 0.305 e. The number of hydrazone groups is 1. The van der Waals surface area contributed by atoms with E-state index < -0.39 is 11.8 Å². The van der Waals surface area contributed by atoms with Crippen LogP contribution in [-0.2, 0) is 6.42 Å². The number of fused-ring (bicyclic) bond motifs is 1. The lowest BCUT2D eigenvalue weighted by molar-refractivity contribution is 0.0829. The third-order valence-corrected chi connectivity index (χ3v) is 5.95. The molecule has 0 radical (unpaired) electrons. The lowest BCUT2D eigenvalue weighted by atomic mass is 9.93. The molecule has 1 aliphatic carbocycles. The summed E-state index contributed by atoms with van der Waals surface area (Å²) < 4.78 is 5.82. The number of nitrogens with one attached hydrogen (secondary N) is 3. The predicted molar refractivity (Wildman–Crippen MR) is 128 cm³/mol. The van der Waals surface area contributed by atoms with Gasteiger partial charge in [0.25, 0.3) is 11.8 Å². The number of carbonyl (C=O) groups excluding carboxylic acids is 3. The van der Waals surface area contributed by atoms with E-state index in [1.165, 1.54) is 0 Å². The predicted octanol–water partition coefficient (Wildman–Crippen LogP) is 4.10. The molecule has 0 saturated carbocycles. The molecule has 0 atom stereocenters. The molecule has 0 bridgehead atoms. The van der Waals surface area contributed by atoms with Gasteiger partial charge in [-0.25, -0.2) is 5.43 Å². The number of furan rings is 1. The zero-order valence-electron chi connectivity index (χ0n) is 18.7. The van der Waals surface area contributed by atoms with Crippen LogP contribution in [0, 0.1) is 13.8 Å². The van der Waals surface area contributed by atoms with Crippen LogP contribution >= 0.6 is 11.6 Å². The van der Waals surface area contributed by atoms with Gasteiger partial charge in [-0.2, -0.15) is 5.10 Å². The highest BCUT2D eigenvalue weighted by atomic mass is 35.5. The van der Waals surface area contributed by atoms with Crippen molar-refractivity contribution >= 4 is 35.0 Å². The molecule has 0 saturated heterocycles. The molecule has 0 unspecified atom stereocenters. The van der Waals surface area contributed by atoms with E-state index in [9.17, 15) is 14.4 Å². The second-order valence-corrected chi connectivity index (χ2v) is 8.32. The van der Waals surface area contributed by atoms with Gasteiger partial charge in [-0.3, -0.25) is 25.2 Å². The Morgan fingerprint density at radius 2 is 1.56 bits per heavy atom. The molecule has 1 aliphatic rings. The minimum Gasteiger partial charge on any atom is -0.455 e. The number of amides is 3. The van der Waals surface area contributed by atoms with Crippen LogP contribution < -0.4 is 16.3 Å². The first-order chi connectivity index (χ1) is 16.4. The fourth-order valence-electron chi connectivity index (χ4n) is 3.89. The molecule has 2 aromatic carbocycles. The van der Waals surface area contributed by atoms with Crippen LogP contribution in [-0.4, -0.2) is 23.4 Å². The van der Waals surface area contributed by atoms with Gasteiger partial charge in [-0.1, -0.05) is 41.9 Å². The number of halogens is 1. The average Bonchev–Trinajstić information content (AvgIpc) is 3.18. The van der Waals surface area contributed by atoms with Gasteiger partial charge >= 0.3 is 5.91 Å². The standard InChI is InChI=1S/C25H23ClN4O4/c1-14-8-3-4-9-16(14)23(31)28-27-19-12-7-13-20-21(19)15(2)22(34-20)25(33)30-29-24(32)17-10-5-6-11-18(17)26/h3-6,8-11H,7,12-13H2,1-2H3,(H,28,31)(H,29,32)(H,30,33)/b27-19+. The quantitative estimate of drug-likeness (QED) is 0.490. The van der Waals surface area contributed by atoms with E-state index >= 15 is 0 Å². The number of aryl methyl sites for hydroxylation is 2. The number of hydrogen-bond acceptors (Lipinski definition) is 5. The van der Waals surface area contributed by atoms with Crippen molar-refractivity contribution in [2.75, 3.05) is 0 Å². The topological polar surface area (TPSA) is 113 Å². The minimum atomic E-state index is -0.601. The lowest BCUT2D eigenvalue weighted by Gasteiger charge is -2.13. The van der Waals surface area contributed by atoms with Crippen molar-refractivity contribution in [2.45, 2.75) is 33.1 Å². The first-order valence-corrected chi connectivity index (χ1v) is 11.1. The summed E-state index contributed by atoms with van der Waals surface area (Å²) in [6.07, 6.45) is 2.04. The highest BCUT2D eigenvalue weighted by Gasteiger charge is 2.28. The summed E-state index contributed by atoms with van der Waals surface area (Å²) in [4.78, 5) is 37.6. The largest absolute Gasteiger partial charge is 0.455 e. The summed E-state index contributed by atoms with van der Waals surface area (Å²) >= 11 is 6.03. The van der Waals surface area contributed by atoms with E-state index in [0.29, 0.717) is 41.0 Å². The number of carbonyl (C=O) groups is 3. The van der Waals surface area contributed by atoms with Crippen molar-refractivity contribution in [1.29, 1.82) is 0 Å². The van der Waals surface area contributed by atoms with Gasteiger partial charge in [-0.05, 0) is 50.5 Å². The van der Waals surface area contributed by atoms with Crippen molar-refractivity contribution in [3.05, 3.63) is 92.9 Å². The molecular formula is C25H23ClN4O4. The molecular weight excluding hydrogens is 456 g/mol. The monoisotopic (exact) mass is 478 g/mol. The summed E-state index contributed by atoms with van der Waals surface area (Å²) in [6.45, 7) is 3.60. The molecule has 0 fully saturated rings. The first kappa shape index (κ1) is 23.3. The Labute approximate surface area is 201 Å². The molecule has 0 spiro atoms. The molecule has 3 amide bonds. The fraction of sp³-hybridized carbons (Fsp3) is 0.200. The summed E-state index contributed by atoms with van der Waals surface area (Å²) in [5.74, 6) is -0.761. The molecule has 8 nitrogen and oxygen atoms in total. The SMILES string of the molecule is Cc1ccccc1C(=O)N/N=C1\CCCc2oc(C(=O)NNC(=O)c3ccccc3Cl)c(C)c21. The van der Waals surface area contributed by atoms with Crippen LogP contribution in [0.3, 0.4) is 0 Å². The number of rotatable bonds is 4. The van der Waals surface area contributed by atoms with E-state index in [1.54, 1.807) is 43.3 Å². The zero-order valence-corrected chi connectivity index (χ0v) is 19.5. The van der Waals surface area contributed by atoms with Gasteiger partial charge < -0.3 is 4.42 Å². The Morgan fingerprint density at radius 1 is 0.882 bits per heavy atom. The van der Waals surface area contributed by atoms with Crippen LogP contribution in [0.25, 0.3) is 0 Å². The number of hydrogen-bond donors (Lipinski definition) is 3. The molecule has 3 aromatic rings. The average molecular weight is 479 g/mol. The highest BCUT2D eigenvalue weighted by Crippen LogP contribution is 2.30. The summed E-state index contributed by atoms with van der Waals surface area (Å²) in [5, 5.41) is 4.61. The van der Waals surface area contributed by atoms with E-state index in [4.69, 9.17) is 16.0 Å². The van der Waals surface area contributed by atoms with Crippen LogP contribution in [0.5, 0.6) is 0 Å². The lowest BCUT2D eigenvalue weighted by Crippen LogP contribution is -2.41. The minimum absolute atomic E-state index is 0.0734. The number of hydrazine groups is 1. The van der Waals surface area contributed by atoms with Gasteiger partial charge in [0.2, 0.25) is 0 Å².